The molecule has 1 aliphatic rings. The summed E-state index contributed by atoms with van der Waals surface area (Å²) >= 11 is 0. The first-order valence-corrected chi connectivity index (χ1v) is 9.46. The van der Waals surface area contributed by atoms with E-state index in [9.17, 15) is 19.8 Å². The zero-order chi connectivity index (χ0) is 21.4. The van der Waals surface area contributed by atoms with E-state index in [-0.39, 0.29) is 22.8 Å². The van der Waals surface area contributed by atoms with Crippen LogP contribution in [0.1, 0.15) is 28.3 Å². The molecule has 1 aromatic heterocycles. The molecule has 150 valence electrons. The largest absolute Gasteiger partial charge is 0.507 e. The molecule has 3 aromatic rings. The molecule has 0 aliphatic carbocycles. The van der Waals surface area contributed by atoms with Crippen molar-refractivity contribution in [3.63, 3.8) is 0 Å². The Balaban J connectivity index is 2.00. The van der Waals surface area contributed by atoms with Gasteiger partial charge in [-0.3, -0.25) is 19.5 Å². The third-order valence-electron chi connectivity index (χ3n) is 5.23. The van der Waals surface area contributed by atoms with Crippen molar-refractivity contribution in [1.29, 1.82) is 0 Å². The van der Waals surface area contributed by atoms with E-state index in [2.05, 4.69) is 4.98 Å². The minimum Gasteiger partial charge on any atom is -0.507 e. The third-order valence-corrected chi connectivity index (χ3v) is 5.23. The second-order valence-corrected chi connectivity index (χ2v) is 7.26. The van der Waals surface area contributed by atoms with Crippen LogP contribution >= 0.6 is 0 Å². The number of carbonyl (C=O) groups is 2. The van der Waals surface area contributed by atoms with Crippen LogP contribution in [0.5, 0.6) is 5.75 Å². The molecule has 0 bridgehead atoms. The highest BCUT2D eigenvalue weighted by Gasteiger charge is 2.47. The maximum atomic E-state index is 13.1. The number of anilines is 1. The van der Waals surface area contributed by atoms with Crippen molar-refractivity contribution < 1.29 is 19.8 Å². The average Bonchev–Trinajstić information content (AvgIpc) is 3.01. The number of ketones is 1. The molecular weight excluding hydrogens is 380 g/mol. The van der Waals surface area contributed by atoms with Crippen LogP contribution in [0, 0.1) is 13.8 Å². The lowest BCUT2D eigenvalue weighted by molar-refractivity contribution is -0.132. The van der Waals surface area contributed by atoms with Gasteiger partial charge in [-0.1, -0.05) is 35.9 Å². The molecule has 1 fully saturated rings. The van der Waals surface area contributed by atoms with Gasteiger partial charge < -0.3 is 10.2 Å². The van der Waals surface area contributed by atoms with Crippen molar-refractivity contribution in [2.45, 2.75) is 19.9 Å². The number of phenolic OH excluding ortho intramolecular Hbond substituents is 1. The molecule has 6 nitrogen and oxygen atoms in total. The van der Waals surface area contributed by atoms with Gasteiger partial charge in [0.2, 0.25) is 0 Å². The highest BCUT2D eigenvalue weighted by Crippen LogP contribution is 2.44. The normalized spacial score (nSPS) is 18.1. The number of hydrogen-bond acceptors (Lipinski definition) is 5. The Hall–Kier alpha value is -3.93. The van der Waals surface area contributed by atoms with Crippen LogP contribution in [0.25, 0.3) is 5.76 Å². The first-order valence-electron chi connectivity index (χ1n) is 9.46. The number of carbonyl (C=O) groups excluding carboxylic acids is 2. The Morgan fingerprint density at radius 2 is 1.80 bits per heavy atom. The van der Waals surface area contributed by atoms with E-state index in [1.165, 1.54) is 11.0 Å². The first-order chi connectivity index (χ1) is 14.4. The molecule has 2 N–H and O–H groups in total. The van der Waals surface area contributed by atoms with Crippen molar-refractivity contribution in [2.24, 2.45) is 0 Å². The van der Waals surface area contributed by atoms with Crippen LogP contribution in [-0.2, 0) is 9.59 Å². The smallest absolute Gasteiger partial charge is 0.300 e. The van der Waals surface area contributed by atoms with E-state index in [4.69, 9.17) is 0 Å². The molecule has 30 heavy (non-hydrogen) atoms. The minimum atomic E-state index is -0.924. The van der Waals surface area contributed by atoms with Crippen LogP contribution in [0.3, 0.4) is 0 Å². The summed E-state index contributed by atoms with van der Waals surface area (Å²) < 4.78 is 0. The van der Waals surface area contributed by atoms with E-state index in [1.807, 2.05) is 26.0 Å². The van der Waals surface area contributed by atoms with Gasteiger partial charge in [-0.05, 0) is 49.2 Å². The van der Waals surface area contributed by atoms with Crippen molar-refractivity contribution >= 4 is 23.1 Å². The molecule has 6 heteroatoms. The van der Waals surface area contributed by atoms with Crippen molar-refractivity contribution in [3.8, 4) is 5.75 Å². The lowest BCUT2D eigenvalue weighted by Gasteiger charge is -2.25. The van der Waals surface area contributed by atoms with Crippen LogP contribution in [0.15, 0.2) is 72.6 Å². The predicted octanol–water partition coefficient (Wildman–Crippen LogP) is 4.03. The number of para-hydroxylation sites is 2. The number of aryl methyl sites for hydroxylation is 2. The number of Topliss-reactive ketones (excluding diaryl/α,β-unsaturated/α-hetero) is 1. The average molecular weight is 400 g/mol. The molecule has 4 rings (SSSR count). The summed E-state index contributed by atoms with van der Waals surface area (Å²) in [6.45, 7) is 3.71. The number of aromatic nitrogens is 1. The summed E-state index contributed by atoms with van der Waals surface area (Å²) in [5.74, 6) is -2.02. The van der Waals surface area contributed by atoms with E-state index in [1.54, 1.807) is 48.8 Å². The second kappa shape index (κ2) is 7.48. The number of phenols is 1. The molecule has 1 saturated heterocycles. The van der Waals surface area contributed by atoms with E-state index >= 15 is 0 Å². The monoisotopic (exact) mass is 400 g/mol. The minimum absolute atomic E-state index is 0.0371. The number of aliphatic hydroxyl groups is 1. The van der Waals surface area contributed by atoms with E-state index < -0.39 is 17.7 Å². The third kappa shape index (κ3) is 3.12. The van der Waals surface area contributed by atoms with Crippen LogP contribution in [-0.4, -0.2) is 26.9 Å². The standard InChI is InChI=1S/C24H20N2O4/c1-14-9-10-15(2)17(12-14)22(28)20-21(16-6-5-11-25-13-16)26(24(30)23(20)29)18-7-3-4-8-19(18)27/h3-13,21,27-28H,1-2H3/b22-20+. The number of rotatable bonds is 3. The van der Waals surface area contributed by atoms with Gasteiger partial charge in [0.05, 0.1) is 17.3 Å². The Labute approximate surface area is 173 Å². The summed E-state index contributed by atoms with van der Waals surface area (Å²) in [6, 6.07) is 14.3. The summed E-state index contributed by atoms with van der Waals surface area (Å²) in [4.78, 5) is 31.4. The summed E-state index contributed by atoms with van der Waals surface area (Å²) in [7, 11) is 0. The van der Waals surface area contributed by atoms with Gasteiger partial charge in [0.15, 0.2) is 0 Å². The van der Waals surface area contributed by atoms with Gasteiger partial charge >= 0.3 is 0 Å². The van der Waals surface area contributed by atoms with Gasteiger partial charge in [0, 0.05) is 18.0 Å². The zero-order valence-corrected chi connectivity index (χ0v) is 16.5. The lowest BCUT2D eigenvalue weighted by atomic mass is 9.94. The van der Waals surface area contributed by atoms with Gasteiger partial charge in [0.25, 0.3) is 11.7 Å². The second-order valence-electron chi connectivity index (χ2n) is 7.26. The number of amides is 1. The SMILES string of the molecule is Cc1ccc(C)c(/C(O)=C2\C(=O)C(=O)N(c3ccccc3O)C2c2cccnc2)c1. The molecule has 0 saturated carbocycles. The van der Waals surface area contributed by atoms with E-state index in [0.717, 1.165) is 11.1 Å². The molecular formula is C24H20N2O4. The number of nitrogens with zero attached hydrogens (tertiary/aromatic N) is 2. The van der Waals surface area contributed by atoms with Crippen molar-refractivity contribution in [2.75, 3.05) is 4.90 Å². The van der Waals surface area contributed by atoms with Gasteiger partial charge in [-0.15, -0.1) is 0 Å². The summed E-state index contributed by atoms with van der Waals surface area (Å²) in [5.41, 5.74) is 2.87. The molecule has 1 atom stereocenters. The number of aromatic hydroxyl groups is 1. The first kappa shape index (κ1) is 19.4. The molecule has 2 heterocycles. The Bertz CT molecular complexity index is 1180. The zero-order valence-electron chi connectivity index (χ0n) is 16.5. The highest BCUT2D eigenvalue weighted by atomic mass is 16.3. The fourth-order valence-corrected chi connectivity index (χ4v) is 3.74. The van der Waals surface area contributed by atoms with Crippen LogP contribution in [0.4, 0.5) is 5.69 Å². The fourth-order valence-electron chi connectivity index (χ4n) is 3.74. The van der Waals surface area contributed by atoms with Crippen LogP contribution < -0.4 is 4.90 Å². The number of hydrogen-bond donors (Lipinski definition) is 2. The maximum Gasteiger partial charge on any atom is 0.300 e. The summed E-state index contributed by atoms with van der Waals surface area (Å²) in [5, 5.41) is 21.5. The fraction of sp³-hybridized carbons (Fsp3) is 0.125. The highest BCUT2D eigenvalue weighted by molar-refractivity contribution is 6.51. The number of benzene rings is 2. The quantitative estimate of drug-likeness (QED) is 0.394. The molecule has 1 amide bonds. The molecule has 1 unspecified atom stereocenters. The summed E-state index contributed by atoms with van der Waals surface area (Å²) in [6.07, 6.45) is 3.13. The molecule has 2 aromatic carbocycles. The molecule has 0 spiro atoms. The molecule has 0 radical (unpaired) electrons. The van der Waals surface area contributed by atoms with Gasteiger partial charge in [-0.2, -0.15) is 0 Å². The Morgan fingerprint density at radius 3 is 2.50 bits per heavy atom. The topological polar surface area (TPSA) is 90.7 Å². The Morgan fingerprint density at radius 1 is 1.03 bits per heavy atom. The molecule has 1 aliphatic heterocycles. The number of aliphatic hydroxyl groups excluding tert-OH is 1. The Kier molecular flexibility index (Phi) is 4.83. The van der Waals surface area contributed by atoms with Gasteiger partial charge in [-0.25, -0.2) is 0 Å². The van der Waals surface area contributed by atoms with Gasteiger partial charge in [0.1, 0.15) is 11.5 Å². The van der Waals surface area contributed by atoms with Crippen molar-refractivity contribution in [3.05, 3.63) is 94.8 Å². The van der Waals surface area contributed by atoms with Crippen molar-refractivity contribution in [1.82, 2.24) is 4.98 Å². The number of pyridine rings is 1. The maximum absolute atomic E-state index is 13.1. The van der Waals surface area contributed by atoms with Crippen LogP contribution in [0.2, 0.25) is 0 Å². The lowest BCUT2D eigenvalue weighted by Crippen LogP contribution is -2.29. The van der Waals surface area contributed by atoms with E-state index in [0.29, 0.717) is 11.1 Å². The predicted molar refractivity (Wildman–Crippen MR) is 113 cm³/mol.